The summed E-state index contributed by atoms with van der Waals surface area (Å²) in [4.78, 5) is 21.1. The Hall–Kier alpha value is -1.50. The van der Waals surface area contributed by atoms with Crippen molar-refractivity contribution in [1.29, 1.82) is 0 Å². The van der Waals surface area contributed by atoms with Gasteiger partial charge in [-0.2, -0.15) is 0 Å². The van der Waals surface area contributed by atoms with Gasteiger partial charge in [0.1, 0.15) is 0 Å². The molecule has 0 aromatic heterocycles. The van der Waals surface area contributed by atoms with Gasteiger partial charge in [0.25, 0.3) is 0 Å². The summed E-state index contributed by atoms with van der Waals surface area (Å²) < 4.78 is 0. The number of amides is 1. The Bertz CT molecular complexity index is 796. The molecule has 6 heteroatoms. The van der Waals surface area contributed by atoms with Gasteiger partial charge in [0.2, 0.25) is 5.91 Å². The van der Waals surface area contributed by atoms with E-state index in [1.807, 2.05) is 11.8 Å². The number of carbonyl (C=O) groups excluding carboxylic acids is 1. The zero-order chi connectivity index (χ0) is 21.8. The molecule has 5 nitrogen and oxygen atoms in total. The quantitative estimate of drug-likeness (QED) is 0.699. The normalized spacial score (nSPS) is 21.6. The average molecular weight is 443 g/mol. The molecule has 2 N–H and O–H groups in total. The van der Waals surface area contributed by atoms with Gasteiger partial charge in [-0.3, -0.25) is 14.6 Å². The first kappa shape index (κ1) is 22.7. The van der Waals surface area contributed by atoms with Crippen LogP contribution in [0.4, 0.5) is 0 Å². The highest BCUT2D eigenvalue weighted by molar-refractivity contribution is 8.02. The Labute approximate surface area is 192 Å². The van der Waals surface area contributed by atoms with Gasteiger partial charge in [-0.05, 0) is 29.9 Å². The lowest BCUT2D eigenvalue weighted by atomic mass is 9.91. The third-order valence-corrected chi connectivity index (χ3v) is 8.31. The summed E-state index contributed by atoms with van der Waals surface area (Å²) in [5.74, 6) is 1.74. The summed E-state index contributed by atoms with van der Waals surface area (Å²) in [6.45, 7) is 10.5. The second kappa shape index (κ2) is 10.4. The molecule has 1 aromatic carbocycles. The zero-order valence-corrected chi connectivity index (χ0v) is 20.0. The molecule has 170 valence electrons. The maximum atomic E-state index is 12.9. The summed E-state index contributed by atoms with van der Waals surface area (Å²) in [5, 5.41) is 0. The first-order valence-electron chi connectivity index (χ1n) is 11.9. The predicted molar refractivity (Wildman–Crippen MR) is 130 cm³/mol. The molecule has 0 bridgehead atoms. The van der Waals surface area contributed by atoms with E-state index in [-0.39, 0.29) is 5.91 Å². The average Bonchev–Trinajstić information content (AvgIpc) is 2.73. The molecule has 1 amide bonds. The second-order valence-corrected chi connectivity index (χ2v) is 10.6. The predicted octanol–water partition coefficient (Wildman–Crippen LogP) is 3.62. The monoisotopic (exact) mass is 442 g/mol. The van der Waals surface area contributed by atoms with Crippen molar-refractivity contribution in [2.24, 2.45) is 5.73 Å². The van der Waals surface area contributed by atoms with Gasteiger partial charge in [0, 0.05) is 68.1 Å². The van der Waals surface area contributed by atoms with Crippen molar-refractivity contribution < 1.29 is 4.79 Å². The third-order valence-electron chi connectivity index (χ3n) is 7.12. The first-order valence-corrected chi connectivity index (χ1v) is 12.9. The van der Waals surface area contributed by atoms with Crippen LogP contribution in [0.25, 0.3) is 0 Å². The van der Waals surface area contributed by atoms with Gasteiger partial charge >= 0.3 is 0 Å². The number of thioether (sulfide) groups is 1. The molecular weight excluding hydrogens is 404 g/mol. The minimum Gasteiger partial charge on any atom is -0.401 e. The molecule has 2 heterocycles. The highest BCUT2D eigenvalue weighted by atomic mass is 32.2. The number of nitrogens with zero attached hydrogens (tertiary/aromatic N) is 3. The van der Waals surface area contributed by atoms with Crippen LogP contribution >= 0.6 is 11.8 Å². The van der Waals surface area contributed by atoms with Gasteiger partial charge < -0.3 is 10.6 Å². The molecule has 1 saturated heterocycles. The standard InChI is InChI=1S/C25H38N4OS/c1-19(2)22-9-4-3-6-20(22)18-31-24-16-27(11-10-23(24)26)17-25(30)29-14-12-28(13-15-29)21-7-5-8-21/h3-4,6,9,19,21H,5,7-8,10-18,26H2,1-2H3. The van der Waals surface area contributed by atoms with Crippen molar-refractivity contribution in [3.05, 3.63) is 46.0 Å². The molecule has 2 fully saturated rings. The number of hydrogen-bond acceptors (Lipinski definition) is 5. The Morgan fingerprint density at radius 3 is 2.55 bits per heavy atom. The second-order valence-electron chi connectivity index (χ2n) is 9.55. The first-order chi connectivity index (χ1) is 15.0. The van der Waals surface area contributed by atoms with Crippen LogP contribution < -0.4 is 5.73 Å². The molecule has 0 spiro atoms. The summed E-state index contributed by atoms with van der Waals surface area (Å²) >= 11 is 1.85. The van der Waals surface area contributed by atoms with E-state index < -0.39 is 0 Å². The smallest absolute Gasteiger partial charge is 0.236 e. The van der Waals surface area contributed by atoms with Crippen LogP contribution in [0.15, 0.2) is 34.9 Å². The lowest BCUT2D eigenvalue weighted by molar-refractivity contribution is -0.134. The highest BCUT2D eigenvalue weighted by Gasteiger charge is 2.30. The molecule has 31 heavy (non-hydrogen) atoms. The van der Waals surface area contributed by atoms with Crippen molar-refractivity contribution in [3.8, 4) is 0 Å². The van der Waals surface area contributed by atoms with E-state index in [4.69, 9.17) is 5.73 Å². The van der Waals surface area contributed by atoms with Crippen molar-refractivity contribution in [2.45, 2.75) is 57.2 Å². The lowest BCUT2D eigenvalue weighted by Crippen LogP contribution is -2.55. The van der Waals surface area contributed by atoms with E-state index in [0.29, 0.717) is 12.5 Å². The molecule has 1 aromatic rings. The molecule has 1 saturated carbocycles. The fourth-order valence-electron chi connectivity index (χ4n) is 4.85. The molecule has 0 atom stereocenters. The molecule has 0 radical (unpaired) electrons. The van der Waals surface area contributed by atoms with Crippen LogP contribution in [-0.4, -0.2) is 72.5 Å². The fraction of sp³-hybridized carbons (Fsp3) is 0.640. The molecule has 0 unspecified atom stereocenters. The van der Waals surface area contributed by atoms with Crippen LogP contribution in [0.2, 0.25) is 0 Å². The maximum Gasteiger partial charge on any atom is 0.236 e. The lowest BCUT2D eigenvalue weighted by Gasteiger charge is -2.43. The van der Waals surface area contributed by atoms with Crippen molar-refractivity contribution in [2.75, 3.05) is 45.8 Å². The van der Waals surface area contributed by atoms with Gasteiger partial charge in [-0.1, -0.05) is 44.5 Å². The van der Waals surface area contributed by atoms with E-state index in [0.717, 1.165) is 63.2 Å². The van der Waals surface area contributed by atoms with Crippen LogP contribution in [0.3, 0.4) is 0 Å². The summed E-state index contributed by atoms with van der Waals surface area (Å²) in [5.41, 5.74) is 10.2. The number of nitrogens with two attached hydrogens (primary N) is 1. The minimum absolute atomic E-state index is 0.281. The number of piperazine rings is 1. The summed E-state index contributed by atoms with van der Waals surface area (Å²) in [6.07, 6.45) is 4.92. The fourth-order valence-corrected chi connectivity index (χ4v) is 6.00. The van der Waals surface area contributed by atoms with E-state index in [2.05, 4.69) is 52.8 Å². The number of carbonyl (C=O) groups is 1. The molecule has 1 aliphatic carbocycles. The largest absolute Gasteiger partial charge is 0.401 e. The number of hydrogen-bond donors (Lipinski definition) is 1. The number of rotatable bonds is 7. The third kappa shape index (κ3) is 5.65. The van der Waals surface area contributed by atoms with E-state index in [1.54, 1.807) is 0 Å². The van der Waals surface area contributed by atoms with Crippen molar-refractivity contribution in [1.82, 2.24) is 14.7 Å². The van der Waals surface area contributed by atoms with Crippen molar-refractivity contribution in [3.63, 3.8) is 0 Å². The van der Waals surface area contributed by atoms with Gasteiger partial charge in [0.05, 0.1) is 6.54 Å². The van der Waals surface area contributed by atoms with E-state index in [1.165, 1.54) is 35.3 Å². The molecule has 2 aliphatic heterocycles. The Morgan fingerprint density at radius 1 is 1.13 bits per heavy atom. The van der Waals surface area contributed by atoms with Crippen LogP contribution in [0.5, 0.6) is 0 Å². The van der Waals surface area contributed by atoms with E-state index in [9.17, 15) is 4.79 Å². The van der Waals surface area contributed by atoms with Gasteiger partial charge in [0.15, 0.2) is 0 Å². The SMILES string of the molecule is CC(C)c1ccccc1CSC1=C(N)CCN(CC(=O)N2CCN(C3CCC3)CC2)C1. The van der Waals surface area contributed by atoms with E-state index >= 15 is 0 Å². The summed E-state index contributed by atoms with van der Waals surface area (Å²) in [7, 11) is 0. The molecule has 4 rings (SSSR count). The minimum atomic E-state index is 0.281. The van der Waals surface area contributed by atoms with Crippen molar-refractivity contribution >= 4 is 17.7 Å². The molecular formula is C25H38N4OS. The van der Waals surface area contributed by atoms with Crippen LogP contribution in [0.1, 0.15) is 56.6 Å². The van der Waals surface area contributed by atoms with Crippen LogP contribution in [-0.2, 0) is 10.5 Å². The Kier molecular flexibility index (Phi) is 7.62. The summed E-state index contributed by atoms with van der Waals surface area (Å²) in [6, 6.07) is 9.49. The topological polar surface area (TPSA) is 52.8 Å². The maximum absolute atomic E-state index is 12.9. The Balaban J connectivity index is 1.27. The van der Waals surface area contributed by atoms with Crippen LogP contribution in [0, 0.1) is 0 Å². The zero-order valence-electron chi connectivity index (χ0n) is 19.2. The Morgan fingerprint density at radius 2 is 1.87 bits per heavy atom. The molecule has 3 aliphatic rings. The van der Waals surface area contributed by atoms with Gasteiger partial charge in [-0.25, -0.2) is 0 Å². The van der Waals surface area contributed by atoms with Gasteiger partial charge in [-0.15, -0.1) is 11.8 Å². The number of benzene rings is 1. The highest BCUT2D eigenvalue weighted by Crippen LogP contribution is 2.31.